The van der Waals surface area contributed by atoms with Crippen LogP contribution in [0.25, 0.3) is 0 Å². The number of carbonyl (C=O) groups excluding carboxylic acids is 1. The fourth-order valence-corrected chi connectivity index (χ4v) is 2.06. The fraction of sp³-hybridized carbons (Fsp3) is 0.846. The molecule has 1 N–H and O–H groups in total. The van der Waals surface area contributed by atoms with Crippen LogP contribution in [0.4, 0.5) is 0 Å². The van der Waals surface area contributed by atoms with E-state index in [0.717, 1.165) is 6.42 Å². The number of hydrogen-bond donors (Lipinski definition) is 1. The zero-order valence-corrected chi connectivity index (χ0v) is 11.0. The van der Waals surface area contributed by atoms with E-state index in [-0.39, 0.29) is 17.6 Å². The van der Waals surface area contributed by atoms with E-state index in [1.807, 2.05) is 13.8 Å². The van der Waals surface area contributed by atoms with Crippen LogP contribution in [0.2, 0.25) is 0 Å². The van der Waals surface area contributed by atoms with Crippen molar-refractivity contribution in [2.75, 3.05) is 0 Å². The van der Waals surface area contributed by atoms with Crippen LogP contribution in [0.15, 0.2) is 0 Å². The highest BCUT2D eigenvalue weighted by molar-refractivity contribution is 5.83. The number of carboxylic acids is 1. The minimum absolute atomic E-state index is 0.0380. The van der Waals surface area contributed by atoms with Gasteiger partial charge in [-0.2, -0.15) is 0 Å². The summed E-state index contributed by atoms with van der Waals surface area (Å²) in [7, 11) is 0. The van der Waals surface area contributed by atoms with E-state index in [0.29, 0.717) is 12.3 Å². The lowest BCUT2D eigenvalue weighted by Crippen LogP contribution is -2.24. The lowest BCUT2D eigenvalue weighted by molar-refractivity contribution is -0.142. The molecular weight excluding hydrogens is 204 g/mol. The van der Waals surface area contributed by atoms with Crippen LogP contribution >= 0.6 is 0 Å². The number of carbonyl (C=O) groups is 2. The maximum atomic E-state index is 11.9. The normalized spacial score (nSPS) is 16.9. The molecule has 3 nitrogen and oxygen atoms in total. The molecule has 0 aromatic heterocycles. The second-order valence-electron chi connectivity index (χ2n) is 5.31. The van der Waals surface area contributed by atoms with Crippen LogP contribution in [-0.2, 0) is 9.59 Å². The second-order valence-corrected chi connectivity index (χ2v) is 5.31. The van der Waals surface area contributed by atoms with E-state index < -0.39 is 11.9 Å². The Morgan fingerprint density at radius 2 is 1.31 bits per heavy atom. The predicted molar refractivity (Wildman–Crippen MR) is 64.2 cm³/mol. The van der Waals surface area contributed by atoms with Crippen molar-refractivity contribution in [1.82, 2.24) is 0 Å². The smallest absolute Gasteiger partial charge is 0.306 e. The summed E-state index contributed by atoms with van der Waals surface area (Å²) in [4.78, 5) is 22.6. The Bertz CT molecular complexity index is 246. The van der Waals surface area contributed by atoms with E-state index in [9.17, 15) is 9.59 Å². The van der Waals surface area contributed by atoms with E-state index in [1.165, 1.54) is 0 Å². The molecule has 16 heavy (non-hydrogen) atoms. The Labute approximate surface area is 98.2 Å². The zero-order valence-electron chi connectivity index (χ0n) is 11.0. The van der Waals surface area contributed by atoms with Crippen molar-refractivity contribution in [3.63, 3.8) is 0 Å². The highest BCUT2D eigenvalue weighted by Gasteiger charge is 2.24. The minimum Gasteiger partial charge on any atom is -0.481 e. The summed E-state index contributed by atoms with van der Waals surface area (Å²) in [6.07, 6.45) is 1.32. The molecule has 0 aliphatic rings. The SMILES string of the molecule is CC(C)CC(C)C(=O)C(C)CC(C)C(=O)O. The monoisotopic (exact) mass is 228 g/mol. The Morgan fingerprint density at radius 3 is 1.69 bits per heavy atom. The molecule has 0 heterocycles. The van der Waals surface area contributed by atoms with Gasteiger partial charge >= 0.3 is 5.97 Å². The molecule has 0 radical (unpaired) electrons. The third kappa shape index (κ3) is 5.29. The van der Waals surface area contributed by atoms with Crippen molar-refractivity contribution in [1.29, 1.82) is 0 Å². The summed E-state index contributed by atoms with van der Waals surface area (Å²) in [6, 6.07) is 0. The Balaban J connectivity index is 4.22. The predicted octanol–water partition coefficient (Wildman–Crippen LogP) is 2.98. The van der Waals surface area contributed by atoms with Crippen molar-refractivity contribution in [3.8, 4) is 0 Å². The number of ketones is 1. The number of aliphatic carboxylic acids is 1. The number of rotatable bonds is 7. The molecular formula is C13H24O3. The van der Waals surface area contributed by atoms with E-state index in [1.54, 1.807) is 6.92 Å². The molecule has 0 amide bonds. The summed E-state index contributed by atoms with van der Waals surface area (Å²) < 4.78 is 0. The van der Waals surface area contributed by atoms with Gasteiger partial charge in [0, 0.05) is 11.8 Å². The topological polar surface area (TPSA) is 54.4 Å². The first kappa shape index (κ1) is 15.1. The molecule has 0 saturated carbocycles. The first-order chi connectivity index (χ1) is 7.25. The van der Waals surface area contributed by atoms with Gasteiger partial charge in [0.05, 0.1) is 5.92 Å². The average Bonchev–Trinajstić information content (AvgIpc) is 2.14. The maximum Gasteiger partial charge on any atom is 0.306 e. The van der Waals surface area contributed by atoms with Crippen molar-refractivity contribution >= 4 is 11.8 Å². The van der Waals surface area contributed by atoms with Gasteiger partial charge in [0.2, 0.25) is 0 Å². The zero-order chi connectivity index (χ0) is 12.9. The van der Waals surface area contributed by atoms with Crippen LogP contribution in [0, 0.1) is 23.7 Å². The largest absolute Gasteiger partial charge is 0.481 e. The molecule has 0 aliphatic carbocycles. The van der Waals surface area contributed by atoms with Crippen molar-refractivity contribution in [2.24, 2.45) is 23.7 Å². The van der Waals surface area contributed by atoms with Crippen LogP contribution in [-0.4, -0.2) is 16.9 Å². The Morgan fingerprint density at radius 1 is 0.875 bits per heavy atom. The molecule has 0 bridgehead atoms. The molecule has 3 unspecified atom stereocenters. The van der Waals surface area contributed by atoms with Crippen LogP contribution in [0.1, 0.15) is 47.5 Å². The summed E-state index contributed by atoms with van der Waals surface area (Å²) >= 11 is 0. The molecule has 0 aliphatic heterocycles. The van der Waals surface area contributed by atoms with Gasteiger partial charge in [0.1, 0.15) is 5.78 Å². The Hall–Kier alpha value is -0.860. The Kier molecular flexibility index (Phi) is 6.31. The van der Waals surface area contributed by atoms with Gasteiger partial charge in [-0.25, -0.2) is 0 Å². The maximum absolute atomic E-state index is 11.9. The lowest BCUT2D eigenvalue weighted by atomic mass is 9.85. The number of hydrogen-bond acceptors (Lipinski definition) is 2. The fourth-order valence-electron chi connectivity index (χ4n) is 2.06. The van der Waals surface area contributed by atoms with Crippen LogP contribution in [0.5, 0.6) is 0 Å². The third-order valence-electron chi connectivity index (χ3n) is 2.93. The molecule has 3 atom stereocenters. The number of Topliss-reactive ketones (excluding diaryl/α,β-unsaturated/α-hetero) is 1. The van der Waals surface area contributed by atoms with E-state index in [4.69, 9.17) is 5.11 Å². The van der Waals surface area contributed by atoms with Gasteiger partial charge in [-0.05, 0) is 18.8 Å². The molecule has 0 spiro atoms. The van der Waals surface area contributed by atoms with Crippen LogP contribution in [0.3, 0.4) is 0 Å². The van der Waals surface area contributed by atoms with Gasteiger partial charge < -0.3 is 5.11 Å². The molecule has 0 rings (SSSR count). The molecule has 0 aromatic carbocycles. The summed E-state index contributed by atoms with van der Waals surface area (Å²) in [5.41, 5.74) is 0. The third-order valence-corrected chi connectivity index (χ3v) is 2.93. The number of carboxylic acid groups (broad SMARTS) is 1. The molecule has 94 valence electrons. The van der Waals surface area contributed by atoms with Crippen molar-refractivity contribution < 1.29 is 14.7 Å². The van der Waals surface area contributed by atoms with E-state index >= 15 is 0 Å². The van der Waals surface area contributed by atoms with Gasteiger partial charge in [-0.15, -0.1) is 0 Å². The minimum atomic E-state index is -0.823. The van der Waals surface area contributed by atoms with Gasteiger partial charge in [0.15, 0.2) is 0 Å². The molecule has 0 fully saturated rings. The quantitative estimate of drug-likeness (QED) is 0.728. The van der Waals surface area contributed by atoms with Crippen molar-refractivity contribution in [2.45, 2.75) is 47.5 Å². The van der Waals surface area contributed by atoms with Crippen molar-refractivity contribution in [3.05, 3.63) is 0 Å². The van der Waals surface area contributed by atoms with Gasteiger partial charge in [-0.3, -0.25) is 9.59 Å². The van der Waals surface area contributed by atoms with Crippen LogP contribution < -0.4 is 0 Å². The highest BCUT2D eigenvalue weighted by Crippen LogP contribution is 2.21. The lowest BCUT2D eigenvalue weighted by Gasteiger charge is -2.19. The van der Waals surface area contributed by atoms with E-state index in [2.05, 4.69) is 13.8 Å². The molecule has 3 heteroatoms. The molecule has 0 saturated heterocycles. The molecule has 0 aromatic rings. The first-order valence-corrected chi connectivity index (χ1v) is 6.02. The van der Waals surface area contributed by atoms with Gasteiger partial charge in [0.25, 0.3) is 0 Å². The summed E-state index contributed by atoms with van der Waals surface area (Å²) in [6.45, 7) is 9.60. The first-order valence-electron chi connectivity index (χ1n) is 6.02. The van der Waals surface area contributed by atoms with Gasteiger partial charge in [-0.1, -0.05) is 34.6 Å². The highest BCUT2D eigenvalue weighted by atomic mass is 16.4. The summed E-state index contributed by atoms with van der Waals surface area (Å²) in [5.74, 6) is -0.679. The average molecular weight is 228 g/mol. The second kappa shape index (κ2) is 6.66. The summed E-state index contributed by atoms with van der Waals surface area (Å²) in [5, 5.41) is 8.79. The standard InChI is InChI=1S/C13H24O3/c1-8(2)6-9(3)12(14)10(4)7-11(5)13(15)16/h8-11H,6-7H2,1-5H3,(H,15,16).